The van der Waals surface area contributed by atoms with Crippen LogP contribution in [0.5, 0.6) is 0 Å². The number of aromatic amines is 1. The Bertz CT molecular complexity index is 1300. The van der Waals surface area contributed by atoms with E-state index >= 15 is 0 Å². The summed E-state index contributed by atoms with van der Waals surface area (Å²) in [6.07, 6.45) is -4.52. The monoisotopic (exact) mass is 466 g/mol. The van der Waals surface area contributed by atoms with Crippen molar-refractivity contribution >= 4 is 34.5 Å². The number of carbonyl (C=O) groups is 1. The number of rotatable bonds is 5. The molecule has 0 aliphatic heterocycles. The number of thiophene rings is 1. The molecule has 2 N–H and O–H groups in total. The Hall–Kier alpha value is -3.11. The fourth-order valence-corrected chi connectivity index (χ4v) is 4.15. The lowest BCUT2D eigenvalue weighted by molar-refractivity contribution is -0.137. The van der Waals surface area contributed by atoms with Crippen LogP contribution in [0.15, 0.2) is 52.6 Å². The van der Waals surface area contributed by atoms with Gasteiger partial charge in [-0.05, 0) is 29.1 Å². The predicted octanol–water partition coefficient (Wildman–Crippen LogP) is 4.28. The average molecular weight is 467 g/mol. The van der Waals surface area contributed by atoms with E-state index in [2.05, 4.69) is 15.4 Å². The largest absolute Gasteiger partial charge is 0.416 e. The minimum atomic E-state index is -4.43. The normalized spacial score (nSPS) is 11.7. The number of alkyl halides is 3. The lowest BCUT2D eigenvalue weighted by Gasteiger charge is -2.09. The first-order valence-corrected chi connectivity index (χ1v) is 10.3. The highest BCUT2D eigenvalue weighted by Crippen LogP contribution is 2.33. The minimum absolute atomic E-state index is 0.0257. The number of amides is 1. The summed E-state index contributed by atoms with van der Waals surface area (Å²) < 4.78 is 39.1. The molecule has 6 nitrogen and oxygen atoms in total. The highest BCUT2D eigenvalue weighted by molar-refractivity contribution is 7.13. The number of nitrogens with zero attached hydrogens (tertiary/aromatic N) is 2. The summed E-state index contributed by atoms with van der Waals surface area (Å²) in [6.45, 7) is 0.0257. The third-order valence-electron chi connectivity index (χ3n) is 4.52. The van der Waals surface area contributed by atoms with Crippen LogP contribution in [-0.4, -0.2) is 20.5 Å². The predicted molar refractivity (Wildman–Crippen MR) is 111 cm³/mol. The van der Waals surface area contributed by atoms with Gasteiger partial charge in [0.15, 0.2) is 5.15 Å². The van der Waals surface area contributed by atoms with Crippen molar-refractivity contribution in [1.82, 2.24) is 19.9 Å². The Kier molecular flexibility index (Phi) is 5.59. The zero-order valence-electron chi connectivity index (χ0n) is 15.7. The summed E-state index contributed by atoms with van der Waals surface area (Å²) in [5, 5.41) is 8.77. The third-order valence-corrected chi connectivity index (χ3v) is 5.67. The van der Waals surface area contributed by atoms with E-state index < -0.39 is 23.2 Å². The van der Waals surface area contributed by atoms with E-state index in [1.54, 1.807) is 0 Å². The molecule has 0 fully saturated rings. The molecule has 11 heteroatoms. The molecule has 3 aromatic heterocycles. The molecule has 4 aromatic rings. The molecule has 4 rings (SSSR count). The summed E-state index contributed by atoms with van der Waals surface area (Å²) in [7, 11) is 0. The Morgan fingerprint density at radius 1 is 1.23 bits per heavy atom. The molecule has 0 spiro atoms. The zero-order chi connectivity index (χ0) is 22.2. The fourth-order valence-electron chi connectivity index (χ4n) is 3.05. The Labute approximate surface area is 182 Å². The van der Waals surface area contributed by atoms with Gasteiger partial charge in [-0.2, -0.15) is 22.8 Å². The van der Waals surface area contributed by atoms with Crippen LogP contribution in [0, 0.1) is 0 Å². The summed E-state index contributed by atoms with van der Waals surface area (Å²) in [4.78, 5) is 28.5. The van der Waals surface area contributed by atoms with Crippen LogP contribution in [0.4, 0.5) is 13.2 Å². The van der Waals surface area contributed by atoms with Gasteiger partial charge in [0, 0.05) is 16.6 Å². The van der Waals surface area contributed by atoms with Crippen LogP contribution in [0.3, 0.4) is 0 Å². The maximum atomic E-state index is 12.6. The third kappa shape index (κ3) is 4.49. The first-order chi connectivity index (χ1) is 14.7. The number of hydrogen-bond donors (Lipinski definition) is 2. The second-order valence-corrected chi connectivity index (χ2v) is 7.99. The SMILES string of the molecule is O=C(Cc1ccc(C(F)(F)F)cc1)NCc1cc(=O)n2nc(Cl)c(-c3cccs3)c2[nH]1. The molecule has 0 atom stereocenters. The molecular formula is C20H14ClF3N4O2S. The molecule has 3 heterocycles. The highest BCUT2D eigenvalue weighted by atomic mass is 35.5. The number of fused-ring (bicyclic) bond motifs is 1. The van der Waals surface area contributed by atoms with Crippen molar-refractivity contribution in [2.75, 3.05) is 0 Å². The van der Waals surface area contributed by atoms with Crippen molar-refractivity contribution < 1.29 is 18.0 Å². The molecule has 160 valence electrons. The minimum Gasteiger partial charge on any atom is -0.350 e. The molecule has 0 bridgehead atoms. The van der Waals surface area contributed by atoms with Gasteiger partial charge in [-0.25, -0.2) is 0 Å². The van der Waals surface area contributed by atoms with Gasteiger partial charge in [0.25, 0.3) is 5.56 Å². The van der Waals surface area contributed by atoms with Crippen molar-refractivity contribution in [2.24, 2.45) is 0 Å². The van der Waals surface area contributed by atoms with Crippen LogP contribution in [0.1, 0.15) is 16.8 Å². The van der Waals surface area contributed by atoms with Gasteiger partial charge >= 0.3 is 6.18 Å². The van der Waals surface area contributed by atoms with E-state index in [9.17, 15) is 22.8 Å². The molecule has 1 amide bonds. The van der Waals surface area contributed by atoms with Gasteiger partial charge in [-0.15, -0.1) is 11.3 Å². The maximum absolute atomic E-state index is 12.6. The van der Waals surface area contributed by atoms with Crippen LogP contribution in [0.25, 0.3) is 16.1 Å². The van der Waals surface area contributed by atoms with Crippen LogP contribution in [-0.2, 0) is 23.9 Å². The van der Waals surface area contributed by atoms with Crippen molar-refractivity contribution in [3.63, 3.8) is 0 Å². The number of H-pyrrole nitrogens is 1. The van der Waals surface area contributed by atoms with Crippen molar-refractivity contribution in [3.05, 3.63) is 80.2 Å². The molecule has 0 aliphatic rings. The second-order valence-electron chi connectivity index (χ2n) is 6.68. The second kappa shape index (κ2) is 8.20. The van der Waals surface area contributed by atoms with Gasteiger partial charge in [-0.1, -0.05) is 29.8 Å². The van der Waals surface area contributed by atoms with Crippen LogP contribution in [0.2, 0.25) is 5.15 Å². The van der Waals surface area contributed by atoms with Crippen molar-refractivity contribution in [3.8, 4) is 10.4 Å². The van der Waals surface area contributed by atoms with Gasteiger partial charge in [0.1, 0.15) is 5.65 Å². The molecule has 0 unspecified atom stereocenters. The van der Waals surface area contributed by atoms with Gasteiger partial charge in [-0.3, -0.25) is 9.59 Å². The average Bonchev–Trinajstić information content (AvgIpc) is 3.33. The summed E-state index contributed by atoms with van der Waals surface area (Å²) in [5.41, 5.74) is 0.692. The summed E-state index contributed by atoms with van der Waals surface area (Å²) >= 11 is 7.66. The van der Waals surface area contributed by atoms with E-state index in [-0.39, 0.29) is 18.1 Å². The molecule has 0 radical (unpaired) electrons. The van der Waals surface area contributed by atoms with E-state index in [1.165, 1.54) is 29.5 Å². The van der Waals surface area contributed by atoms with Crippen LogP contribution < -0.4 is 10.9 Å². The quantitative estimate of drug-likeness (QED) is 0.460. The smallest absolute Gasteiger partial charge is 0.350 e. The van der Waals surface area contributed by atoms with Crippen LogP contribution >= 0.6 is 22.9 Å². The topological polar surface area (TPSA) is 79.3 Å². The van der Waals surface area contributed by atoms with E-state index in [4.69, 9.17) is 11.6 Å². The number of nitrogens with one attached hydrogen (secondary N) is 2. The number of carbonyl (C=O) groups excluding carboxylic acids is 1. The number of aromatic nitrogens is 3. The van der Waals surface area contributed by atoms with Gasteiger partial charge < -0.3 is 10.3 Å². The Balaban J connectivity index is 1.49. The van der Waals surface area contributed by atoms with Crippen molar-refractivity contribution in [2.45, 2.75) is 19.1 Å². The molecular weight excluding hydrogens is 453 g/mol. The number of hydrogen-bond acceptors (Lipinski definition) is 4. The van der Waals surface area contributed by atoms with E-state index in [1.807, 2.05) is 17.5 Å². The maximum Gasteiger partial charge on any atom is 0.416 e. The lowest BCUT2D eigenvalue weighted by Crippen LogP contribution is -2.26. The van der Waals surface area contributed by atoms with Gasteiger partial charge in [0.05, 0.1) is 24.1 Å². The lowest BCUT2D eigenvalue weighted by atomic mass is 10.1. The summed E-state index contributed by atoms with van der Waals surface area (Å²) in [5.74, 6) is -0.398. The highest BCUT2D eigenvalue weighted by Gasteiger charge is 2.30. The molecule has 0 saturated heterocycles. The zero-order valence-corrected chi connectivity index (χ0v) is 17.2. The first-order valence-electron chi connectivity index (χ1n) is 8.99. The van der Waals surface area contributed by atoms with Gasteiger partial charge in [0.2, 0.25) is 5.91 Å². The van der Waals surface area contributed by atoms with E-state index in [0.717, 1.165) is 21.5 Å². The Morgan fingerprint density at radius 3 is 2.61 bits per heavy atom. The number of benzene rings is 1. The molecule has 0 saturated carbocycles. The molecule has 0 aliphatic carbocycles. The summed E-state index contributed by atoms with van der Waals surface area (Å²) in [6, 6.07) is 9.39. The fraction of sp³-hybridized carbons (Fsp3) is 0.150. The Morgan fingerprint density at radius 2 is 1.97 bits per heavy atom. The van der Waals surface area contributed by atoms with E-state index in [0.29, 0.717) is 22.5 Å². The molecule has 31 heavy (non-hydrogen) atoms. The van der Waals surface area contributed by atoms with Crippen molar-refractivity contribution in [1.29, 1.82) is 0 Å². The molecule has 1 aromatic carbocycles. The number of halogens is 4. The first kappa shape index (κ1) is 21.1. The standard InChI is InChI=1S/C20H14ClF3N4O2S/c21-18-17(14-2-1-7-31-14)19-26-13(9-16(30)28(19)27-18)10-25-15(29)8-11-3-5-12(6-4-11)20(22,23)24/h1-7,9,26H,8,10H2,(H,25,29).